The van der Waals surface area contributed by atoms with Crippen LogP contribution < -0.4 is 5.32 Å². The first kappa shape index (κ1) is 14.3. The molecule has 0 spiro atoms. The highest BCUT2D eigenvalue weighted by molar-refractivity contribution is 5.85. The van der Waals surface area contributed by atoms with Crippen molar-refractivity contribution in [3.8, 4) is 0 Å². The molecule has 3 heteroatoms. The standard InChI is InChI=1S/C13H26N2.ClH/c1-3-14-9-12-4-6-15(7-5-12)10-13-8-11(13)2;/h11-14H,3-10H2,1-2H3;1H. The van der Waals surface area contributed by atoms with Crippen LogP contribution in [0.15, 0.2) is 0 Å². The van der Waals surface area contributed by atoms with E-state index in [-0.39, 0.29) is 12.4 Å². The summed E-state index contributed by atoms with van der Waals surface area (Å²) in [6.07, 6.45) is 4.31. The number of nitrogens with one attached hydrogen (secondary N) is 1. The maximum Gasteiger partial charge on any atom is 0.00123 e. The summed E-state index contributed by atoms with van der Waals surface area (Å²) in [5, 5.41) is 3.47. The Morgan fingerprint density at radius 1 is 1.25 bits per heavy atom. The zero-order valence-electron chi connectivity index (χ0n) is 10.7. The molecule has 0 radical (unpaired) electrons. The van der Waals surface area contributed by atoms with E-state index in [2.05, 4.69) is 24.1 Å². The lowest BCUT2D eigenvalue weighted by molar-refractivity contribution is 0.174. The van der Waals surface area contributed by atoms with Crippen molar-refractivity contribution in [3.05, 3.63) is 0 Å². The van der Waals surface area contributed by atoms with Gasteiger partial charge in [-0.15, -0.1) is 12.4 Å². The number of piperidine rings is 1. The van der Waals surface area contributed by atoms with E-state index < -0.39 is 0 Å². The molecule has 1 heterocycles. The second-order valence-electron chi connectivity index (χ2n) is 5.52. The van der Waals surface area contributed by atoms with E-state index >= 15 is 0 Å². The van der Waals surface area contributed by atoms with Gasteiger partial charge >= 0.3 is 0 Å². The van der Waals surface area contributed by atoms with Crippen molar-refractivity contribution < 1.29 is 0 Å². The molecule has 2 aliphatic rings. The molecular weight excluding hydrogens is 220 g/mol. The molecule has 1 N–H and O–H groups in total. The van der Waals surface area contributed by atoms with E-state index in [9.17, 15) is 0 Å². The molecule has 2 unspecified atom stereocenters. The lowest BCUT2D eigenvalue weighted by Crippen LogP contribution is -2.38. The van der Waals surface area contributed by atoms with Gasteiger partial charge < -0.3 is 10.2 Å². The van der Waals surface area contributed by atoms with Gasteiger partial charge in [-0.3, -0.25) is 0 Å². The molecule has 0 aromatic heterocycles. The fourth-order valence-corrected chi connectivity index (χ4v) is 2.71. The average Bonchev–Trinajstić information content (AvgIpc) is 2.93. The fraction of sp³-hybridized carbons (Fsp3) is 1.00. The first-order valence-corrected chi connectivity index (χ1v) is 6.72. The summed E-state index contributed by atoms with van der Waals surface area (Å²) in [5.41, 5.74) is 0. The Bertz CT molecular complexity index is 190. The average molecular weight is 247 g/mol. The van der Waals surface area contributed by atoms with Crippen LogP contribution in [0.1, 0.15) is 33.1 Å². The van der Waals surface area contributed by atoms with Gasteiger partial charge in [-0.2, -0.15) is 0 Å². The molecule has 0 aromatic carbocycles. The van der Waals surface area contributed by atoms with Crippen molar-refractivity contribution in [2.24, 2.45) is 17.8 Å². The smallest absolute Gasteiger partial charge is 0.00123 e. The number of likely N-dealkylation sites (tertiary alicyclic amines) is 1. The van der Waals surface area contributed by atoms with Crippen LogP contribution in [-0.4, -0.2) is 37.6 Å². The highest BCUT2D eigenvalue weighted by Gasteiger charge is 2.34. The van der Waals surface area contributed by atoms with Crippen molar-refractivity contribution in [2.75, 3.05) is 32.7 Å². The number of hydrogen-bond acceptors (Lipinski definition) is 2. The lowest BCUT2D eigenvalue weighted by atomic mass is 9.96. The summed E-state index contributed by atoms with van der Waals surface area (Å²) in [5.74, 6) is 3.00. The van der Waals surface area contributed by atoms with Gasteiger partial charge in [0.25, 0.3) is 0 Å². The fourth-order valence-electron chi connectivity index (χ4n) is 2.71. The molecule has 1 saturated carbocycles. The Balaban J connectivity index is 0.00000128. The van der Waals surface area contributed by atoms with Crippen LogP contribution in [0.25, 0.3) is 0 Å². The van der Waals surface area contributed by atoms with Crippen LogP contribution in [0.5, 0.6) is 0 Å². The summed E-state index contributed by atoms with van der Waals surface area (Å²) >= 11 is 0. The van der Waals surface area contributed by atoms with Gasteiger partial charge in [0.2, 0.25) is 0 Å². The van der Waals surface area contributed by atoms with Crippen molar-refractivity contribution in [1.82, 2.24) is 10.2 Å². The molecule has 2 fully saturated rings. The first-order chi connectivity index (χ1) is 7.29. The van der Waals surface area contributed by atoms with Gasteiger partial charge in [0.15, 0.2) is 0 Å². The number of halogens is 1. The van der Waals surface area contributed by atoms with Gasteiger partial charge in [0.1, 0.15) is 0 Å². The Labute approximate surface area is 107 Å². The molecule has 1 aliphatic heterocycles. The third kappa shape index (κ3) is 4.23. The maximum atomic E-state index is 3.47. The third-order valence-corrected chi connectivity index (χ3v) is 4.16. The molecular formula is C13H27ClN2. The molecule has 1 aliphatic carbocycles. The van der Waals surface area contributed by atoms with E-state index in [4.69, 9.17) is 0 Å². The van der Waals surface area contributed by atoms with E-state index in [1.807, 2.05) is 0 Å². The van der Waals surface area contributed by atoms with Gasteiger partial charge in [-0.1, -0.05) is 13.8 Å². The van der Waals surface area contributed by atoms with Crippen LogP contribution in [0, 0.1) is 17.8 Å². The summed E-state index contributed by atoms with van der Waals surface area (Å²) in [6, 6.07) is 0. The molecule has 2 atom stereocenters. The predicted octanol–water partition coefficient (Wildman–Crippen LogP) is 2.39. The quantitative estimate of drug-likeness (QED) is 0.802. The van der Waals surface area contributed by atoms with E-state index in [1.54, 1.807) is 0 Å². The maximum absolute atomic E-state index is 3.47. The number of rotatable bonds is 5. The summed E-state index contributed by atoms with van der Waals surface area (Å²) in [6.45, 7) is 11.0. The second-order valence-corrected chi connectivity index (χ2v) is 5.52. The minimum atomic E-state index is 0. The highest BCUT2D eigenvalue weighted by atomic mass is 35.5. The molecule has 2 rings (SSSR count). The second kappa shape index (κ2) is 6.83. The van der Waals surface area contributed by atoms with Crippen molar-refractivity contribution in [3.63, 3.8) is 0 Å². The van der Waals surface area contributed by atoms with Crippen LogP contribution in [0.2, 0.25) is 0 Å². The van der Waals surface area contributed by atoms with Gasteiger partial charge in [0, 0.05) is 6.54 Å². The summed E-state index contributed by atoms with van der Waals surface area (Å²) < 4.78 is 0. The van der Waals surface area contributed by atoms with E-state index in [1.165, 1.54) is 45.4 Å². The topological polar surface area (TPSA) is 15.3 Å². The first-order valence-electron chi connectivity index (χ1n) is 6.72. The number of nitrogens with zero attached hydrogens (tertiary/aromatic N) is 1. The highest BCUT2D eigenvalue weighted by Crippen LogP contribution is 2.38. The van der Waals surface area contributed by atoms with Gasteiger partial charge in [-0.05, 0) is 63.2 Å². The van der Waals surface area contributed by atoms with Gasteiger partial charge in [-0.25, -0.2) is 0 Å². The summed E-state index contributed by atoms with van der Waals surface area (Å²) in [4.78, 5) is 2.69. The Morgan fingerprint density at radius 3 is 2.38 bits per heavy atom. The zero-order chi connectivity index (χ0) is 10.7. The minimum absolute atomic E-state index is 0. The molecule has 0 bridgehead atoms. The molecule has 1 saturated heterocycles. The minimum Gasteiger partial charge on any atom is -0.317 e. The van der Waals surface area contributed by atoms with Crippen LogP contribution in [0.3, 0.4) is 0 Å². The Morgan fingerprint density at radius 2 is 1.88 bits per heavy atom. The number of hydrogen-bond donors (Lipinski definition) is 1. The third-order valence-electron chi connectivity index (χ3n) is 4.16. The Kier molecular flexibility index (Phi) is 6.09. The molecule has 96 valence electrons. The Hall–Kier alpha value is 0.210. The van der Waals surface area contributed by atoms with Crippen LogP contribution in [0.4, 0.5) is 0 Å². The van der Waals surface area contributed by atoms with Gasteiger partial charge in [0.05, 0.1) is 0 Å². The SMILES string of the molecule is CCNCC1CCN(CC2CC2C)CC1.Cl. The predicted molar refractivity (Wildman–Crippen MR) is 72.2 cm³/mol. The van der Waals surface area contributed by atoms with Crippen molar-refractivity contribution >= 4 is 12.4 Å². The molecule has 2 nitrogen and oxygen atoms in total. The van der Waals surface area contributed by atoms with Crippen LogP contribution >= 0.6 is 12.4 Å². The normalized spacial score (nSPS) is 31.1. The molecule has 16 heavy (non-hydrogen) atoms. The van der Waals surface area contributed by atoms with E-state index in [0.29, 0.717) is 0 Å². The largest absolute Gasteiger partial charge is 0.317 e. The van der Waals surface area contributed by atoms with Crippen molar-refractivity contribution in [2.45, 2.75) is 33.1 Å². The molecule has 0 amide bonds. The monoisotopic (exact) mass is 246 g/mol. The van der Waals surface area contributed by atoms with Crippen molar-refractivity contribution in [1.29, 1.82) is 0 Å². The zero-order valence-corrected chi connectivity index (χ0v) is 11.6. The molecule has 0 aromatic rings. The van der Waals surface area contributed by atoms with Crippen LogP contribution in [-0.2, 0) is 0 Å². The lowest BCUT2D eigenvalue weighted by Gasteiger charge is -2.32. The summed E-state index contributed by atoms with van der Waals surface area (Å²) in [7, 11) is 0. The van der Waals surface area contributed by atoms with E-state index in [0.717, 1.165) is 24.3 Å².